The summed E-state index contributed by atoms with van der Waals surface area (Å²) in [6.07, 6.45) is 0. The second kappa shape index (κ2) is 5.33. The fraction of sp³-hybridized carbons (Fsp3) is 0.300. The van der Waals surface area contributed by atoms with Gasteiger partial charge in [-0.3, -0.25) is 4.72 Å². The number of sulfonamides is 1. The third kappa shape index (κ3) is 4.58. The molecule has 7 heteroatoms. The van der Waals surface area contributed by atoms with Crippen molar-refractivity contribution in [3.63, 3.8) is 0 Å². The van der Waals surface area contributed by atoms with E-state index in [0.29, 0.717) is 5.69 Å². The molecule has 0 heterocycles. The molecule has 0 aliphatic rings. The predicted molar refractivity (Wildman–Crippen MR) is 75.0 cm³/mol. The summed E-state index contributed by atoms with van der Waals surface area (Å²) in [6, 6.07) is 7.01. The number of rotatable bonds is 5. The largest absolute Gasteiger partial charge is 0.392 e. The minimum absolute atomic E-state index is 0.0533. The van der Waals surface area contributed by atoms with Crippen LogP contribution in [0.4, 0.5) is 11.4 Å². The average molecular weight is 273 g/mol. The summed E-state index contributed by atoms with van der Waals surface area (Å²) in [7, 11) is 0.321. The van der Waals surface area contributed by atoms with Gasteiger partial charge in [0.05, 0.1) is 4.99 Å². The van der Waals surface area contributed by atoms with Crippen LogP contribution in [0.5, 0.6) is 0 Å². The number of benzene rings is 1. The van der Waals surface area contributed by atoms with Crippen LogP contribution in [0.3, 0.4) is 0 Å². The van der Waals surface area contributed by atoms with Gasteiger partial charge in [-0.15, -0.1) is 0 Å². The van der Waals surface area contributed by atoms with Crippen molar-refractivity contribution in [3.8, 4) is 0 Å². The lowest BCUT2D eigenvalue weighted by molar-refractivity contribution is 0.605. The van der Waals surface area contributed by atoms with Crippen LogP contribution in [0.25, 0.3) is 0 Å². The molecule has 1 rings (SSSR count). The first-order valence-electron chi connectivity index (χ1n) is 4.86. The van der Waals surface area contributed by atoms with Gasteiger partial charge in [0.25, 0.3) is 0 Å². The molecule has 0 unspecified atom stereocenters. The maximum atomic E-state index is 11.5. The Labute approximate surface area is 107 Å². The first kappa shape index (κ1) is 13.7. The molecule has 1 aromatic carbocycles. The van der Waals surface area contributed by atoms with Crippen molar-refractivity contribution < 1.29 is 8.42 Å². The van der Waals surface area contributed by atoms with Crippen LogP contribution in [0, 0.1) is 0 Å². The van der Waals surface area contributed by atoms with Gasteiger partial charge >= 0.3 is 0 Å². The smallest absolute Gasteiger partial charge is 0.239 e. The van der Waals surface area contributed by atoms with Crippen molar-refractivity contribution in [1.29, 1.82) is 0 Å². The van der Waals surface area contributed by atoms with E-state index in [1.54, 1.807) is 12.1 Å². The second-order valence-electron chi connectivity index (χ2n) is 3.77. The fourth-order valence-corrected chi connectivity index (χ4v) is 2.64. The zero-order valence-electron chi connectivity index (χ0n) is 9.67. The van der Waals surface area contributed by atoms with Crippen LogP contribution in [-0.2, 0) is 10.0 Å². The molecule has 5 nitrogen and oxygen atoms in total. The second-order valence-corrected chi connectivity index (χ2v) is 6.02. The van der Waals surface area contributed by atoms with Crippen molar-refractivity contribution in [2.24, 2.45) is 5.73 Å². The summed E-state index contributed by atoms with van der Waals surface area (Å²) in [4.78, 5) is 1.87. The Morgan fingerprint density at radius 2 is 1.88 bits per heavy atom. The van der Waals surface area contributed by atoms with Crippen molar-refractivity contribution in [2.75, 3.05) is 29.5 Å². The number of nitrogens with one attached hydrogen (secondary N) is 1. The maximum Gasteiger partial charge on any atom is 0.239 e. The van der Waals surface area contributed by atoms with E-state index in [4.69, 9.17) is 5.73 Å². The monoisotopic (exact) mass is 273 g/mol. The Morgan fingerprint density at radius 3 is 2.29 bits per heavy atom. The molecule has 0 saturated heterocycles. The Bertz CT molecular complexity index is 495. The lowest BCUT2D eigenvalue weighted by atomic mass is 10.3. The number of nitrogens with zero attached hydrogens (tertiary/aromatic N) is 1. The SMILES string of the molecule is CN(C)c1ccc(NS(=O)(=O)CC(N)=S)cc1. The highest BCUT2D eigenvalue weighted by Gasteiger charge is 2.11. The van der Waals surface area contributed by atoms with E-state index in [-0.39, 0.29) is 10.7 Å². The van der Waals surface area contributed by atoms with Gasteiger partial charge in [0, 0.05) is 25.5 Å². The maximum absolute atomic E-state index is 11.5. The van der Waals surface area contributed by atoms with Gasteiger partial charge in [0.15, 0.2) is 0 Å². The molecule has 0 atom stereocenters. The minimum Gasteiger partial charge on any atom is -0.392 e. The normalized spacial score (nSPS) is 10.9. The molecular weight excluding hydrogens is 258 g/mol. The number of nitrogens with two attached hydrogens (primary N) is 1. The summed E-state index contributed by atoms with van der Waals surface area (Å²) >= 11 is 4.57. The topological polar surface area (TPSA) is 75.4 Å². The van der Waals surface area contributed by atoms with Crippen molar-refractivity contribution in [3.05, 3.63) is 24.3 Å². The lowest BCUT2D eigenvalue weighted by Gasteiger charge is -2.13. The standard InChI is InChI=1S/C10H15N3O2S2/c1-13(2)9-5-3-8(4-6-9)12-17(14,15)7-10(11)16/h3-6,12H,7H2,1-2H3,(H2,11,16). The van der Waals surface area contributed by atoms with E-state index < -0.39 is 10.0 Å². The Morgan fingerprint density at radius 1 is 1.35 bits per heavy atom. The van der Waals surface area contributed by atoms with Gasteiger partial charge in [-0.05, 0) is 24.3 Å². The third-order valence-electron chi connectivity index (χ3n) is 1.99. The van der Waals surface area contributed by atoms with Gasteiger partial charge in [-0.1, -0.05) is 12.2 Å². The van der Waals surface area contributed by atoms with Crippen LogP contribution in [-0.4, -0.2) is 33.3 Å². The van der Waals surface area contributed by atoms with Crippen LogP contribution in [0.1, 0.15) is 0 Å². The molecule has 0 aliphatic carbocycles. The third-order valence-corrected chi connectivity index (χ3v) is 3.55. The first-order chi connectivity index (χ1) is 7.80. The molecule has 17 heavy (non-hydrogen) atoms. The molecule has 94 valence electrons. The van der Waals surface area contributed by atoms with Gasteiger partial charge in [0.1, 0.15) is 5.75 Å². The number of anilines is 2. The minimum atomic E-state index is -3.50. The summed E-state index contributed by atoms with van der Waals surface area (Å²) in [5.41, 5.74) is 6.68. The highest BCUT2D eigenvalue weighted by molar-refractivity contribution is 7.95. The van der Waals surface area contributed by atoms with Crippen molar-refractivity contribution >= 4 is 38.6 Å². The highest BCUT2D eigenvalue weighted by atomic mass is 32.2. The van der Waals surface area contributed by atoms with Crippen molar-refractivity contribution in [2.45, 2.75) is 0 Å². The van der Waals surface area contributed by atoms with E-state index in [1.807, 2.05) is 31.1 Å². The van der Waals surface area contributed by atoms with E-state index in [2.05, 4.69) is 16.9 Å². The zero-order chi connectivity index (χ0) is 13.1. The first-order valence-corrected chi connectivity index (χ1v) is 6.92. The molecular formula is C10H15N3O2S2. The van der Waals surface area contributed by atoms with E-state index in [0.717, 1.165) is 5.69 Å². The zero-order valence-corrected chi connectivity index (χ0v) is 11.3. The lowest BCUT2D eigenvalue weighted by Crippen LogP contribution is -2.26. The van der Waals surface area contributed by atoms with Crippen molar-refractivity contribution in [1.82, 2.24) is 0 Å². The average Bonchev–Trinajstić information content (AvgIpc) is 2.15. The summed E-state index contributed by atoms with van der Waals surface area (Å²) in [5.74, 6) is -0.349. The molecule has 0 saturated carbocycles. The summed E-state index contributed by atoms with van der Waals surface area (Å²) in [5, 5.41) is 0. The molecule has 0 aliphatic heterocycles. The van der Waals surface area contributed by atoms with Gasteiger partial charge in [0.2, 0.25) is 10.0 Å². The van der Waals surface area contributed by atoms with Crippen LogP contribution < -0.4 is 15.4 Å². The molecule has 0 bridgehead atoms. The number of hydrogen-bond acceptors (Lipinski definition) is 4. The quantitative estimate of drug-likeness (QED) is 0.775. The van der Waals surface area contributed by atoms with E-state index in [9.17, 15) is 8.42 Å². The van der Waals surface area contributed by atoms with Crippen LogP contribution in [0.15, 0.2) is 24.3 Å². The Kier molecular flexibility index (Phi) is 4.30. The molecule has 0 aromatic heterocycles. The Balaban J connectivity index is 2.79. The summed E-state index contributed by atoms with van der Waals surface area (Å²) in [6.45, 7) is 0. The van der Waals surface area contributed by atoms with Crippen LogP contribution in [0.2, 0.25) is 0 Å². The molecule has 1 aromatic rings. The fourth-order valence-electron chi connectivity index (χ4n) is 1.23. The van der Waals surface area contributed by atoms with E-state index in [1.165, 1.54) is 0 Å². The molecule has 0 amide bonds. The highest BCUT2D eigenvalue weighted by Crippen LogP contribution is 2.16. The number of thiocarbonyl (C=S) groups is 1. The summed E-state index contributed by atoms with van der Waals surface area (Å²) < 4.78 is 25.5. The Hall–Kier alpha value is -1.34. The van der Waals surface area contributed by atoms with Crippen LogP contribution >= 0.6 is 12.2 Å². The van der Waals surface area contributed by atoms with Gasteiger partial charge < -0.3 is 10.6 Å². The molecule has 3 N–H and O–H groups in total. The van der Waals surface area contributed by atoms with Gasteiger partial charge in [-0.25, -0.2) is 8.42 Å². The van der Waals surface area contributed by atoms with Gasteiger partial charge in [-0.2, -0.15) is 0 Å². The predicted octanol–water partition coefficient (Wildman–Crippen LogP) is 0.780. The number of hydrogen-bond donors (Lipinski definition) is 2. The molecule has 0 fully saturated rings. The molecule has 0 spiro atoms. The van der Waals surface area contributed by atoms with E-state index >= 15 is 0 Å². The molecule has 0 radical (unpaired) electrons.